The minimum atomic E-state index is 0.311. The molecule has 0 saturated carbocycles. The molecule has 1 unspecified atom stereocenters. The highest BCUT2D eigenvalue weighted by molar-refractivity contribution is 7.09. The van der Waals surface area contributed by atoms with Gasteiger partial charge in [0.15, 0.2) is 0 Å². The van der Waals surface area contributed by atoms with Gasteiger partial charge in [-0.05, 0) is 26.8 Å². The van der Waals surface area contributed by atoms with Gasteiger partial charge in [0.1, 0.15) is 0 Å². The van der Waals surface area contributed by atoms with E-state index in [9.17, 15) is 0 Å². The van der Waals surface area contributed by atoms with Crippen molar-refractivity contribution in [3.63, 3.8) is 0 Å². The quantitative estimate of drug-likeness (QED) is 0.846. The highest BCUT2D eigenvalue weighted by Crippen LogP contribution is 2.20. The average molecular weight is 278 g/mol. The van der Waals surface area contributed by atoms with Crippen molar-refractivity contribution in [2.75, 3.05) is 6.54 Å². The number of aryl methyl sites for hydroxylation is 2. The number of hydrogen-bond acceptors (Lipinski definition) is 4. The molecule has 0 amide bonds. The Kier molecular flexibility index (Phi) is 5.10. The van der Waals surface area contributed by atoms with Gasteiger partial charge in [-0.1, -0.05) is 6.92 Å². The maximum atomic E-state index is 4.56. The summed E-state index contributed by atoms with van der Waals surface area (Å²) in [4.78, 5) is 4.56. The van der Waals surface area contributed by atoms with Gasteiger partial charge < -0.3 is 5.32 Å². The van der Waals surface area contributed by atoms with Gasteiger partial charge in [-0.15, -0.1) is 11.3 Å². The number of thiazole rings is 1. The topological polar surface area (TPSA) is 42.7 Å². The van der Waals surface area contributed by atoms with Crippen LogP contribution in [0.5, 0.6) is 0 Å². The molecule has 104 valence electrons. The number of hydrogen-bond donors (Lipinski definition) is 1. The molecular formula is C14H22N4S. The Bertz CT molecular complexity index is 503. The summed E-state index contributed by atoms with van der Waals surface area (Å²) in [6.07, 6.45) is 6.17. The molecule has 5 heteroatoms. The number of rotatable bonds is 7. The average Bonchev–Trinajstić information content (AvgIpc) is 3.03. The van der Waals surface area contributed by atoms with Crippen LogP contribution in [0.1, 0.15) is 42.6 Å². The minimum Gasteiger partial charge on any atom is -0.309 e. The summed E-state index contributed by atoms with van der Waals surface area (Å²) in [7, 11) is 0. The van der Waals surface area contributed by atoms with Gasteiger partial charge in [0, 0.05) is 41.8 Å². The molecule has 1 atom stereocenters. The lowest BCUT2D eigenvalue weighted by Gasteiger charge is -2.15. The first-order valence-corrected chi connectivity index (χ1v) is 7.77. The Labute approximate surface area is 118 Å². The van der Waals surface area contributed by atoms with E-state index in [1.807, 2.05) is 17.8 Å². The zero-order valence-corrected chi connectivity index (χ0v) is 12.7. The molecule has 0 spiro atoms. The monoisotopic (exact) mass is 278 g/mol. The van der Waals surface area contributed by atoms with Crippen LogP contribution in [0.3, 0.4) is 0 Å². The molecule has 0 saturated heterocycles. The summed E-state index contributed by atoms with van der Waals surface area (Å²) in [5.74, 6) is 0. The number of nitrogens with zero attached hydrogens (tertiary/aromatic N) is 3. The fourth-order valence-electron chi connectivity index (χ4n) is 2.03. The highest BCUT2D eigenvalue weighted by Gasteiger charge is 2.15. The third-order valence-electron chi connectivity index (χ3n) is 3.07. The second kappa shape index (κ2) is 6.82. The molecule has 0 aromatic carbocycles. The fourth-order valence-corrected chi connectivity index (χ4v) is 2.85. The second-order valence-corrected chi connectivity index (χ2v) is 5.67. The summed E-state index contributed by atoms with van der Waals surface area (Å²) in [6, 6.07) is 0.311. The van der Waals surface area contributed by atoms with Crippen LogP contribution < -0.4 is 5.32 Å². The van der Waals surface area contributed by atoms with E-state index >= 15 is 0 Å². The van der Waals surface area contributed by atoms with Crippen LogP contribution in [0.4, 0.5) is 0 Å². The Balaban J connectivity index is 2.10. The van der Waals surface area contributed by atoms with E-state index < -0.39 is 0 Å². The molecule has 2 rings (SSSR count). The molecule has 0 aliphatic rings. The Hall–Kier alpha value is -1.20. The minimum absolute atomic E-state index is 0.311. The first kappa shape index (κ1) is 14.2. The summed E-state index contributed by atoms with van der Waals surface area (Å²) in [5, 5.41) is 11.3. The molecule has 0 aliphatic carbocycles. The van der Waals surface area contributed by atoms with Crippen LogP contribution in [0.15, 0.2) is 17.8 Å². The molecule has 2 aromatic heterocycles. The Morgan fingerprint density at radius 1 is 1.42 bits per heavy atom. The fraction of sp³-hybridized carbons (Fsp3) is 0.571. The summed E-state index contributed by atoms with van der Waals surface area (Å²) < 4.78 is 1.98. The lowest BCUT2D eigenvalue weighted by molar-refractivity contribution is 0.527. The van der Waals surface area contributed by atoms with E-state index in [-0.39, 0.29) is 0 Å². The molecule has 0 fully saturated rings. The molecule has 4 nitrogen and oxygen atoms in total. The van der Waals surface area contributed by atoms with E-state index in [0.29, 0.717) is 6.04 Å². The molecule has 2 aromatic rings. The van der Waals surface area contributed by atoms with Crippen molar-refractivity contribution in [2.45, 2.75) is 46.2 Å². The third-order valence-corrected chi connectivity index (χ3v) is 4.05. The van der Waals surface area contributed by atoms with Gasteiger partial charge in [-0.2, -0.15) is 5.10 Å². The van der Waals surface area contributed by atoms with E-state index in [0.717, 1.165) is 31.6 Å². The smallest absolute Gasteiger partial charge is 0.0947 e. The summed E-state index contributed by atoms with van der Waals surface area (Å²) in [5.41, 5.74) is 2.36. The van der Waals surface area contributed by atoms with Crippen molar-refractivity contribution in [2.24, 2.45) is 0 Å². The summed E-state index contributed by atoms with van der Waals surface area (Å²) >= 11 is 1.74. The van der Waals surface area contributed by atoms with E-state index in [1.54, 1.807) is 11.3 Å². The Morgan fingerprint density at radius 3 is 2.84 bits per heavy atom. The van der Waals surface area contributed by atoms with Crippen LogP contribution in [0.25, 0.3) is 0 Å². The van der Waals surface area contributed by atoms with Gasteiger partial charge in [0.05, 0.1) is 11.2 Å². The van der Waals surface area contributed by atoms with Gasteiger partial charge in [0.2, 0.25) is 0 Å². The van der Waals surface area contributed by atoms with Crippen molar-refractivity contribution >= 4 is 11.3 Å². The van der Waals surface area contributed by atoms with E-state index in [4.69, 9.17) is 0 Å². The molecule has 0 radical (unpaired) electrons. The first-order valence-electron chi connectivity index (χ1n) is 6.89. The standard InChI is InChI=1S/C14H22N4S/c1-4-6-15-13(7-14-17-11(3)10-19-14)12-8-16-18(5-2)9-12/h8-10,13,15H,4-7H2,1-3H3. The van der Waals surface area contributed by atoms with Crippen LogP contribution in [-0.4, -0.2) is 21.3 Å². The van der Waals surface area contributed by atoms with E-state index in [1.165, 1.54) is 10.6 Å². The number of aromatic nitrogens is 3. The van der Waals surface area contributed by atoms with Crippen LogP contribution in [0, 0.1) is 6.92 Å². The first-order chi connectivity index (χ1) is 9.22. The van der Waals surface area contributed by atoms with Crippen LogP contribution >= 0.6 is 11.3 Å². The SMILES string of the molecule is CCCNC(Cc1nc(C)cs1)c1cnn(CC)c1. The third kappa shape index (κ3) is 3.88. The molecule has 0 aliphatic heterocycles. The molecule has 19 heavy (non-hydrogen) atoms. The summed E-state index contributed by atoms with van der Waals surface area (Å²) in [6.45, 7) is 8.27. The van der Waals surface area contributed by atoms with E-state index in [2.05, 4.69) is 40.8 Å². The van der Waals surface area contributed by atoms with Crippen molar-refractivity contribution in [3.8, 4) is 0 Å². The molecule has 0 bridgehead atoms. The van der Waals surface area contributed by atoms with Crippen molar-refractivity contribution in [3.05, 3.63) is 34.0 Å². The van der Waals surface area contributed by atoms with Crippen LogP contribution in [-0.2, 0) is 13.0 Å². The van der Waals surface area contributed by atoms with Crippen molar-refractivity contribution in [1.29, 1.82) is 0 Å². The zero-order valence-electron chi connectivity index (χ0n) is 11.9. The largest absolute Gasteiger partial charge is 0.309 e. The molecule has 1 N–H and O–H groups in total. The predicted octanol–water partition coefficient (Wildman–Crippen LogP) is 2.95. The molecular weight excluding hydrogens is 256 g/mol. The normalized spacial score (nSPS) is 12.8. The van der Waals surface area contributed by atoms with Gasteiger partial charge >= 0.3 is 0 Å². The highest BCUT2D eigenvalue weighted by atomic mass is 32.1. The van der Waals surface area contributed by atoms with Crippen LogP contribution in [0.2, 0.25) is 0 Å². The van der Waals surface area contributed by atoms with Crippen molar-refractivity contribution in [1.82, 2.24) is 20.1 Å². The number of nitrogens with one attached hydrogen (secondary N) is 1. The maximum Gasteiger partial charge on any atom is 0.0947 e. The molecule has 2 heterocycles. The maximum absolute atomic E-state index is 4.56. The van der Waals surface area contributed by atoms with Crippen molar-refractivity contribution < 1.29 is 0 Å². The lowest BCUT2D eigenvalue weighted by atomic mass is 10.1. The van der Waals surface area contributed by atoms with Gasteiger partial charge in [-0.3, -0.25) is 4.68 Å². The van der Waals surface area contributed by atoms with Gasteiger partial charge in [-0.25, -0.2) is 4.98 Å². The zero-order chi connectivity index (χ0) is 13.7. The Morgan fingerprint density at radius 2 is 2.26 bits per heavy atom. The lowest BCUT2D eigenvalue weighted by Crippen LogP contribution is -2.23. The predicted molar refractivity (Wildman–Crippen MR) is 79.5 cm³/mol. The second-order valence-electron chi connectivity index (χ2n) is 4.72. The van der Waals surface area contributed by atoms with Gasteiger partial charge in [0.25, 0.3) is 0 Å².